The smallest absolute Gasteiger partial charge is 0.122 e. The SMILES string of the molecule is CCCCCCC(NN)c1cc(C)c(OC)cc1C. The Morgan fingerprint density at radius 1 is 1.16 bits per heavy atom. The molecule has 3 N–H and O–H groups in total. The Morgan fingerprint density at radius 2 is 1.89 bits per heavy atom. The zero-order valence-electron chi connectivity index (χ0n) is 12.8. The van der Waals surface area contributed by atoms with Crippen molar-refractivity contribution in [1.82, 2.24) is 5.43 Å². The van der Waals surface area contributed by atoms with E-state index in [4.69, 9.17) is 10.6 Å². The monoisotopic (exact) mass is 264 g/mol. The third kappa shape index (κ3) is 4.51. The normalized spacial score (nSPS) is 12.5. The Morgan fingerprint density at radius 3 is 2.47 bits per heavy atom. The summed E-state index contributed by atoms with van der Waals surface area (Å²) in [5.74, 6) is 6.68. The summed E-state index contributed by atoms with van der Waals surface area (Å²) in [4.78, 5) is 0. The maximum atomic E-state index is 5.73. The Balaban J connectivity index is 2.77. The lowest BCUT2D eigenvalue weighted by molar-refractivity contribution is 0.410. The molecule has 0 aromatic heterocycles. The van der Waals surface area contributed by atoms with E-state index < -0.39 is 0 Å². The minimum atomic E-state index is 0.237. The first-order valence-electron chi connectivity index (χ1n) is 7.25. The molecule has 0 radical (unpaired) electrons. The number of hydrazine groups is 1. The van der Waals surface area contributed by atoms with Crippen molar-refractivity contribution in [3.05, 3.63) is 28.8 Å². The second kappa shape index (κ2) is 8.18. The van der Waals surface area contributed by atoms with Crippen LogP contribution in [0.5, 0.6) is 5.75 Å². The van der Waals surface area contributed by atoms with Crippen molar-refractivity contribution in [2.45, 2.75) is 58.9 Å². The van der Waals surface area contributed by atoms with E-state index in [1.54, 1.807) is 7.11 Å². The van der Waals surface area contributed by atoms with E-state index in [0.717, 1.165) is 17.7 Å². The van der Waals surface area contributed by atoms with Crippen LogP contribution < -0.4 is 16.0 Å². The molecule has 3 heteroatoms. The van der Waals surface area contributed by atoms with Crippen LogP contribution in [0.1, 0.15) is 61.8 Å². The number of ether oxygens (including phenoxy) is 1. The lowest BCUT2D eigenvalue weighted by Crippen LogP contribution is -2.28. The molecule has 0 bridgehead atoms. The topological polar surface area (TPSA) is 47.3 Å². The third-order valence-corrected chi connectivity index (χ3v) is 3.71. The van der Waals surface area contributed by atoms with Crippen molar-refractivity contribution in [2.24, 2.45) is 5.84 Å². The molecule has 1 atom stereocenters. The van der Waals surface area contributed by atoms with Gasteiger partial charge in [-0.3, -0.25) is 11.3 Å². The van der Waals surface area contributed by atoms with Gasteiger partial charge in [0, 0.05) is 6.04 Å². The van der Waals surface area contributed by atoms with Crippen LogP contribution in [0.3, 0.4) is 0 Å². The van der Waals surface area contributed by atoms with Gasteiger partial charge in [-0.2, -0.15) is 0 Å². The molecule has 108 valence electrons. The summed E-state index contributed by atoms with van der Waals surface area (Å²) in [7, 11) is 1.71. The molecule has 0 saturated carbocycles. The fourth-order valence-electron chi connectivity index (χ4n) is 2.51. The molecule has 0 spiro atoms. The van der Waals surface area contributed by atoms with Gasteiger partial charge in [-0.15, -0.1) is 0 Å². The van der Waals surface area contributed by atoms with Crippen molar-refractivity contribution >= 4 is 0 Å². The van der Waals surface area contributed by atoms with Crippen LogP contribution in [0, 0.1) is 13.8 Å². The van der Waals surface area contributed by atoms with E-state index in [-0.39, 0.29) is 6.04 Å². The van der Waals surface area contributed by atoms with Crippen LogP contribution in [0.15, 0.2) is 12.1 Å². The number of hydrogen-bond donors (Lipinski definition) is 2. The molecule has 1 unspecified atom stereocenters. The molecule has 0 fully saturated rings. The number of aryl methyl sites for hydroxylation is 2. The summed E-state index contributed by atoms with van der Waals surface area (Å²) in [5, 5.41) is 0. The van der Waals surface area contributed by atoms with E-state index >= 15 is 0 Å². The molecule has 0 heterocycles. The van der Waals surface area contributed by atoms with Gasteiger partial charge in [0.05, 0.1) is 7.11 Å². The highest BCUT2D eigenvalue weighted by atomic mass is 16.5. The summed E-state index contributed by atoms with van der Waals surface area (Å²) in [6.45, 7) is 6.43. The molecule has 1 aromatic rings. The average molecular weight is 264 g/mol. The summed E-state index contributed by atoms with van der Waals surface area (Å²) < 4.78 is 5.36. The number of methoxy groups -OCH3 is 1. The van der Waals surface area contributed by atoms with Gasteiger partial charge in [0.1, 0.15) is 5.75 Å². The fourth-order valence-corrected chi connectivity index (χ4v) is 2.51. The van der Waals surface area contributed by atoms with Gasteiger partial charge >= 0.3 is 0 Å². The number of rotatable bonds is 8. The molecule has 19 heavy (non-hydrogen) atoms. The van der Waals surface area contributed by atoms with Gasteiger partial charge < -0.3 is 4.74 Å². The molecular formula is C16H28N2O. The molecule has 0 aliphatic rings. The van der Waals surface area contributed by atoms with Gasteiger partial charge in [0.25, 0.3) is 0 Å². The number of hydrogen-bond acceptors (Lipinski definition) is 3. The van der Waals surface area contributed by atoms with E-state index in [9.17, 15) is 0 Å². The number of nitrogens with one attached hydrogen (secondary N) is 1. The lowest BCUT2D eigenvalue weighted by Gasteiger charge is -2.20. The van der Waals surface area contributed by atoms with Crippen LogP contribution in [0.2, 0.25) is 0 Å². The van der Waals surface area contributed by atoms with Gasteiger partial charge in [0.15, 0.2) is 0 Å². The van der Waals surface area contributed by atoms with Crippen molar-refractivity contribution in [3.8, 4) is 5.75 Å². The highest BCUT2D eigenvalue weighted by Crippen LogP contribution is 2.28. The maximum Gasteiger partial charge on any atom is 0.122 e. The van der Waals surface area contributed by atoms with Crippen LogP contribution in [0.4, 0.5) is 0 Å². The van der Waals surface area contributed by atoms with Crippen molar-refractivity contribution in [1.29, 1.82) is 0 Å². The van der Waals surface area contributed by atoms with E-state index in [1.807, 2.05) is 0 Å². The minimum absolute atomic E-state index is 0.237. The van der Waals surface area contributed by atoms with Gasteiger partial charge in [-0.05, 0) is 43.0 Å². The van der Waals surface area contributed by atoms with Gasteiger partial charge in [-0.1, -0.05) is 38.7 Å². The summed E-state index contributed by atoms with van der Waals surface area (Å²) in [5.41, 5.74) is 6.65. The highest BCUT2D eigenvalue weighted by Gasteiger charge is 2.14. The van der Waals surface area contributed by atoms with Crippen LogP contribution >= 0.6 is 0 Å². The molecule has 1 aromatic carbocycles. The first-order chi connectivity index (χ1) is 9.13. The lowest BCUT2D eigenvalue weighted by atomic mass is 9.94. The van der Waals surface area contributed by atoms with Gasteiger partial charge in [-0.25, -0.2) is 0 Å². The number of nitrogens with two attached hydrogens (primary N) is 1. The molecule has 0 saturated heterocycles. The zero-order valence-corrected chi connectivity index (χ0v) is 12.8. The van der Waals surface area contributed by atoms with Gasteiger partial charge in [0.2, 0.25) is 0 Å². The largest absolute Gasteiger partial charge is 0.496 e. The fraction of sp³-hybridized carbons (Fsp3) is 0.625. The Hall–Kier alpha value is -1.06. The average Bonchev–Trinajstić information content (AvgIpc) is 2.41. The quantitative estimate of drug-likeness (QED) is 0.426. The van der Waals surface area contributed by atoms with Crippen LogP contribution in [-0.4, -0.2) is 7.11 Å². The summed E-state index contributed by atoms with van der Waals surface area (Å²) in [6.07, 6.45) is 6.15. The maximum absolute atomic E-state index is 5.73. The van der Waals surface area contributed by atoms with E-state index in [0.29, 0.717) is 0 Å². The van der Waals surface area contributed by atoms with E-state index in [1.165, 1.54) is 36.8 Å². The van der Waals surface area contributed by atoms with Crippen molar-refractivity contribution < 1.29 is 4.74 Å². The molecule has 3 nitrogen and oxygen atoms in total. The molecule has 0 aliphatic carbocycles. The molecule has 1 rings (SSSR count). The van der Waals surface area contributed by atoms with Crippen molar-refractivity contribution in [3.63, 3.8) is 0 Å². The highest BCUT2D eigenvalue weighted by molar-refractivity contribution is 5.42. The standard InChI is InChI=1S/C16H28N2O/c1-5-6-7-8-9-15(18-17)14-10-13(3)16(19-4)11-12(14)2/h10-11,15,18H,5-9,17H2,1-4H3. The predicted octanol–water partition coefficient (Wildman–Crippen LogP) is 3.79. The Labute approximate surface area is 117 Å². The number of benzene rings is 1. The predicted molar refractivity (Wildman–Crippen MR) is 81.3 cm³/mol. The second-order valence-corrected chi connectivity index (χ2v) is 5.25. The van der Waals surface area contributed by atoms with Crippen LogP contribution in [-0.2, 0) is 0 Å². The molecule has 0 aliphatic heterocycles. The Bertz CT molecular complexity index is 391. The first-order valence-corrected chi connectivity index (χ1v) is 7.25. The van der Waals surface area contributed by atoms with E-state index in [2.05, 4.69) is 38.3 Å². The van der Waals surface area contributed by atoms with Crippen LogP contribution in [0.25, 0.3) is 0 Å². The minimum Gasteiger partial charge on any atom is -0.496 e. The second-order valence-electron chi connectivity index (χ2n) is 5.25. The first kappa shape index (κ1) is 16.0. The van der Waals surface area contributed by atoms with Crippen molar-refractivity contribution in [2.75, 3.05) is 7.11 Å². The third-order valence-electron chi connectivity index (χ3n) is 3.71. The summed E-state index contributed by atoms with van der Waals surface area (Å²) in [6, 6.07) is 4.53. The number of unbranched alkanes of at least 4 members (excludes halogenated alkanes) is 3. The Kier molecular flexibility index (Phi) is 6.89. The molecule has 0 amide bonds. The zero-order chi connectivity index (χ0) is 14.3. The summed E-state index contributed by atoms with van der Waals surface area (Å²) >= 11 is 0. The molecular weight excluding hydrogens is 236 g/mol.